The molecule has 0 spiro atoms. The second-order valence-corrected chi connectivity index (χ2v) is 4.77. The first-order valence-corrected chi connectivity index (χ1v) is 6.23. The van der Waals surface area contributed by atoms with Crippen LogP contribution < -0.4 is 11.1 Å². The Morgan fingerprint density at radius 3 is 2.83 bits per heavy atom. The molecule has 1 aromatic heterocycles. The van der Waals surface area contributed by atoms with Gasteiger partial charge >= 0.3 is 0 Å². The minimum absolute atomic E-state index is 0. The highest BCUT2D eigenvalue weighted by atomic mass is 35.5. The SMILES string of the molecule is CCn1nc(NC(=O)CC(C)N)cc1C1CC1.Cl. The Balaban J connectivity index is 0.00000162. The fraction of sp³-hybridized carbons (Fsp3) is 0.667. The van der Waals surface area contributed by atoms with Crippen molar-refractivity contribution in [1.29, 1.82) is 0 Å². The Hall–Kier alpha value is -1.07. The molecule has 0 radical (unpaired) electrons. The normalized spacial score (nSPS) is 15.9. The molecule has 1 amide bonds. The van der Waals surface area contributed by atoms with E-state index in [0.29, 0.717) is 18.2 Å². The van der Waals surface area contributed by atoms with Gasteiger partial charge in [-0.2, -0.15) is 5.10 Å². The van der Waals surface area contributed by atoms with Crippen molar-refractivity contribution in [3.8, 4) is 0 Å². The summed E-state index contributed by atoms with van der Waals surface area (Å²) in [5, 5.41) is 7.18. The van der Waals surface area contributed by atoms with Crippen LogP contribution in [0.15, 0.2) is 6.07 Å². The van der Waals surface area contributed by atoms with Crippen LogP contribution in [0.2, 0.25) is 0 Å². The number of halogens is 1. The third-order valence-electron chi connectivity index (χ3n) is 2.88. The molecule has 1 unspecified atom stereocenters. The summed E-state index contributed by atoms with van der Waals surface area (Å²) in [6, 6.07) is 1.87. The molecule has 0 bridgehead atoms. The Kier molecular flexibility index (Phi) is 5.16. The monoisotopic (exact) mass is 272 g/mol. The van der Waals surface area contributed by atoms with Crippen LogP contribution in [-0.4, -0.2) is 21.7 Å². The molecule has 1 atom stereocenters. The van der Waals surface area contributed by atoms with Crippen LogP contribution in [0.3, 0.4) is 0 Å². The first kappa shape index (κ1) is 15.0. The van der Waals surface area contributed by atoms with E-state index in [1.165, 1.54) is 18.5 Å². The molecule has 18 heavy (non-hydrogen) atoms. The standard InChI is InChI=1S/C12H20N4O.ClH/c1-3-16-10(9-4-5-9)7-11(15-16)14-12(17)6-8(2)13;/h7-9H,3-6,13H2,1-2H3,(H,14,15,17);1H. The molecule has 1 saturated carbocycles. The van der Waals surface area contributed by atoms with Gasteiger partial charge in [0.1, 0.15) is 0 Å². The number of amides is 1. The lowest BCUT2D eigenvalue weighted by Gasteiger charge is -2.04. The van der Waals surface area contributed by atoms with E-state index in [1.54, 1.807) is 0 Å². The zero-order valence-corrected chi connectivity index (χ0v) is 11.7. The minimum atomic E-state index is -0.119. The van der Waals surface area contributed by atoms with Crippen molar-refractivity contribution >= 4 is 24.1 Å². The summed E-state index contributed by atoms with van der Waals surface area (Å²) < 4.78 is 1.97. The summed E-state index contributed by atoms with van der Waals surface area (Å²) in [6.45, 7) is 4.72. The van der Waals surface area contributed by atoms with Gasteiger partial charge in [0.2, 0.25) is 5.91 Å². The van der Waals surface area contributed by atoms with E-state index in [9.17, 15) is 4.79 Å². The molecule has 5 nitrogen and oxygen atoms in total. The molecule has 1 fully saturated rings. The maximum absolute atomic E-state index is 11.6. The van der Waals surface area contributed by atoms with Crippen molar-refractivity contribution in [1.82, 2.24) is 9.78 Å². The average molecular weight is 273 g/mol. The van der Waals surface area contributed by atoms with E-state index in [0.717, 1.165) is 6.54 Å². The van der Waals surface area contributed by atoms with Gasteiger partial charge in [-0.1, -0.05) is 0 Å². The Morgan fingerprint density at radius 1 is 1.67 bits per heavy atom. The Morgan fingerprint density at radius 2 is 2.33 bits per heavy atom. The van der Waals surface area contributed by atoms with Crippen LogP contribution >= 0.6 is 12.4 Å². The van der Waals surface area contributed by atoms with Crippen LogP contribution in [0.1, 0.15) is 44.7 Å². The Bertz CT molecular complexity index is 412. The summed E-state index contributed by atoms with van der Waals surface area (Å²) in [7, 11) is 0. The quantitative estimate of drug-likeness (QED) is 0.860. The molecule has 0 aliphatic heterocycles. The molecule has 1 aromatic rings. The van der Waals surface area contributed by atoms with Gasteiger partial charge in [-0.3, -0.25) is 9.48 Å². The number of nitrogens with one attached hydrogen (secondary N) is 1. The molecule has 1 heterocycles. The largest absolute Gasteiger partial charge is 0.327 e. The van der Waals surface area contributed by atoms with Gasteiger partial charge in [0, 0.05) is 36.7 Å². The van der Waals surface area contributed by atoms with Crippen molar-refractivity contribution in [3.05, 3.63) is 11.8 Å². The van der Waals surface area contributed by atoms with E-state index < -0.39 is 0 Å². The van der Waals surface area contributed by atoms with Crippen molar-refractivity contribution in [2.24, 2.45) is 5.73 Å². The lowest BCUT2D eigenvalue weighted by Crippen LogP contribution is -2.24. The van der Waals surface area contributed by atoms with Gasteiger partial charge in [0.05, 0.1) is 0 Å². The topological polar surface area (TPSA) is 72.9 Å². The van der Waals surface area contributed by atoms with Gasteiger partial charge in [-0.05, 0) is 26.7 Å². The zero-order chi connectivity index (χ0) is 12.4. The third kappa shape index (κ3) is 3.71. The highest BCUT2D eigenvalue weighted by molar-refractivity contribution is 5.90. The molecular weight excluding hydrogens is 252 g/mol. The number of nitrogens with zero attached hydrogens (tertiary/aromatic N) is 2. The summed E-state index contributed by atoms with van der Waals surface area (Å²) in [5.41, 5.74) is 6.82. The fourth-order valence-corrected chi connectivity index (χ4v) is 1.94. The zero-order valence-electron chi connectivity index (χ0n) is 10.8. The van der Waals surface area contributed by atoms with Gasteiger partial charge in [-0.25, -0.2) is 0 Å². The maximum atomic E-state index is 11.6. The second-order valence-electron chi connectivity index (χ2n) is 4.77. The molecular formula is C12H21ClN4O. The third-order valence-corrected chi connectivity index (χ3v) is 2.88. The predicted octanol–water partition coefficient (Wildman–Crippen LogP) is 1.88. The van der Waals surface area contributed by atoms with Crippen LogP contribution in [0.4, 0.5) is 5.82 Å². The lowest BCUT2D eigenvalue weighted by atomic mass is 10.2. The molecule has 102 valence electrons. The molecule has 6 heteroatoms. The van der Waals surface area contributed by atoms with Crippen molar-refractivity contribution in [2.45, 2.75) is 51.6 Å². The lowest BCUT2D eigenvalue weighted by molar-refractivity contribution is -0.116. The first-order valence-electron chi connectivity index (χ1n) is 6.23. The van der Waals surface area contributed by atoms with E-state index in [4.69, 9.17) is 5.73 Å². The van der Waals surface area contributed by atoms with Gasteiger partial charge in [0.15, 0.2) is 5.82 Å². The van der Waals surface area contributed by atoms with E-state index in [1.807, 2.05) is 17.7 Å². The smallest absolute Gasteiger partial charge is 0.227 e. The summed E-state index contributed by atoms with van der Waals surface area (Å²) in [5.74, 6) is 1.23. The van der Waals surface area contributed by atoms with Gasteiger partial charge in [-0.15, -0.1) is 12.4 Å². The number of anilines is 1. The average Bonchev–Trinajstić information content (AvgIpc) is 3.00. The Labute approximate surface area is 114 Å². The molecule has 2 rings (SSSR count). The van der Waals surface area contributed by atoms with Gasteiger partial charge < -0.3 is 11.1 Å². The molecule has 1 aliphatic rings. The van der Waals surface area contributed by atoms with Crippen molar-refractivity contribution < 1.29 is 4.79 Å². The number of hydrogen-bond acceptors (Lipinski definition) is 3. The molecule has 3 N–H and O–H groups in total. The van der Waals surface area contributed by atoms with Gasteiger partial charge in [0.25, 0.3) is 0 Å². The number of rotatable bonds is 5. The number of carbonyl (C=O) groups excluding carboxylic acids is 1. The summed E-state index contributed by atoms with van der Waals surface area (Å²) in [6.07, 6.45) is 2.80. The molecule has 0 saturated heterocycles. The second kappa shape index (κ2) is 6.20. The number of carbonyl (C=O) groups is 1. The highest BCUT2D eigenvalue weighted by Gasteiger charge is 2.27. The van der Waals surface area contributed by atoms with E-state index in [2.05, 4.69) is 17.3 Å². The number of nitrogens with two attached hydrogens (primary N) is 1. The van der Waals surface area contributed by atoms with Crippen LogP contribution in [0, 0.1) is 0 Å². The predicted molar refractivity (Wildman–Crippen MR) is 74.0 cm³/mol. The van der Waals surface area contributed by atoms with Crippen molar-refractivity contribution in [2.75, 3.05) is 5.32 Å². The van der Waals surface area contributed by atoms with E-state index in [-0.39, 0.29) is 24.4 Å². The molecule has 1 aliphatic carbocycles. The first-order chi connectivity index (χ1) is 8.10. The van der Waals surface area contributed by atoms with E-state index >= 15 is 0 Å². The number of aromatic nitrogens is 2. The number of aryl methyl sites for hydroxylation is 1. The highest BCUT2D eigenvalue weighted by Crippen LogP contribution is 2.40. The maximum Gasteiger partial charge on any atom is 0.227 e. The van der Waals surface area contributed by atoms with Crippen molar-refractivity contribution in [3.63, 3.8) is 0 Å². The summed E-state index contributed by atoms with van der Waals surface area (Å²) in [4.78, 5) is 11.6. The minimum Gasteiger partial charge on any atom is -0.327 e. The fourth-order valence-electron chi connectivity index (χ4n) is 1.94. The summed E-state index contributed by atoms with van der Waals surface area (Å²) >= 11 is 0. The van der Waals surface area contributed by atoms with Crippen LogP contribution in [0.5, 0.6) is 0 Å². The number of hydrogen-bond donors (Lipinski definition) is 2. The van der Waals surface area contributed by atoms with Crippen LogP contribution in [0.25, 0.3) is 0 Å². The van der Waals surface area contributed by atoms with Crippen LogP contribution in [-0.2, 0) is 11.3 Å². The molecule has 0 aromatic carbocycles.